The zero-order chi connectivity index (χ0) is 23.4. The van der Waals surface area contributed by atoms with E-state index in [1.54, 1.807) is 0 Å². The quantitative estimate of drug-likeness (QED) is 0.399. The molecular formula is C28H28N4O. The monoisotopic (exact) mass is 436 g/mol. The minimum Gasteiger partial charge on any atom is -0.342 e. The van der Waals surface area contributed by atoms with Gasteiger partial charge in [0.1, 0.15) is 5.82 Å². The summed E-state index contributed by atoms with van der Waals surface area (Å²) in [7, 11) is 0. The summed E-state index contributed by atoms with van der Waals surface area (Å²) in [6.07, 6.45) is 0.772. The lowest BCUT2D eigenvalue weighted by Crippen LogP contribution is -2.31. The van der Waals surface area contributed by atoms with E-state index in [0.29, 0.717) is 23.6 Å². The Morgan fingerprint density at radius 2 is 1.73 bits per heavy atom. The topological polar surface area (TPSA) is 70.7 Å². The molecule has 0 aliphatic carbocycles. The van der Waals surface area contributed by atoms with Crippen LogP contribution in [0.3, 0.4) is 0 Å². The van der Waals surface area contributed by atoms with Crippen LogP contribution in [-0.4, -0.2) is 15.5 Å². The van der Waals surface area contributed by atoms with Crippen LogP contribution >= 0.6 is 0 Å². The number of benzene rings is 3. The van der Waals surface area contributed by atoms with Crippen LogP contribution in [0.2, 0.25) is 0 Å². The second-order valence-electron chi connectivity index (χ2n) is 8.88. The van der Waals surface area contributed by atoms with Crippen molar-refractivity contribution < 1.29 is 4.79 Å². The molecule has 166 valence electrons. The maximum atomic E-state index is 13.1. The first kappa shape index (κ1) is 22.3. The van der Waals surface area contributed by atoms with Crippen LogP contribution in [0.4, 0.5) is 0 Å². The first-order valence-corrected chi connectivity index (χ1v) is 11.3. The molecule has 0 saturated carbocycles. The van der Waals surface area contributed by atoms with E-state index in [0.717, 1.165) is 34.4 Å². The average Bonchev–Trinajstić information content (AvgIpc) is 3.17. The fourth-order valence-corrected chi connectivity index (χ4v) is 4.04. The van der Waals surface area contributed by atoms with Crippen LogP contribution in [0.1, 0.15) is 59.2 Å². The Morgan fingerprint density at radius 1 is 1.03 bits per heavy atom. The number of imidazole rings is 1. The summed E-state index contributed by atoms with van der Waals surface area (Å²) >= 11 is 0. The van der Waals surface area contributed by atoms with Crippen molar-refractivity contribution in [3.8, 4) is 6.07 Å². The van der Waals surface area contributed by atoms with Gasteiger partial charge in [0.25, 0.3) is 5.91 Å². The molecule has 0 bridgehead atoms. The lowest BCUT2D eigenvalue weighted by atomic mass is 10.0. The van der Waals surface area contributed by atoms with Crippen molar-refractivity contribution in [1.82, 2.24) is 14.9 Å². The lowest BCUT2D eigenvalue weighted by molar-refractivity contribution is 0.0929. The highest BCUT2D eigenvalue weighted by Gasteiger charge is 2.24. The highest BCUT2D eigenvalue weighted by molar-refractivity contribution is 5.94. The Bertz CT molecular complexity index is 1290. The van der Waals surface area contributed by atoms with Gasteiger partial charge in [0.05, 0.1) is 28.7 Å². The Kier molecular flexibility index (Phi) is 6.55. The van der Waals surface area contributed by atoms with Crippen LogP contribution in [0.25, 0.3) is 11.0 Å². The number of nitrogens with zero attached hydrogens (tertiary/aromatic N) is 3. The minimum atomic E-state index is -0.232. The number of aryl methyl sites for hydroxylation is 1. The summed E-state index contributed by atoms with van der Waals surface area (Å²) in [5, 5.41) is 12.4. The summed E-state index contributed by atoms with van der Waals surface area (Å²) in [5.74, 6) is 1.11. The summed E-state index contributed by atoms with van der Waals surface area (Å²) in [6, 6.07) is 25.2. The minimum absolute atomic E-state index is 0.0994. The molecule has 1 heterocycles. The molecule has 5 nitrogen and oxygen atoms in total. The van der Waals surface area contributed by atoms with E-state index in [4.69, 9.17) is 10.2 Å². The SMILES string of the molecule is Cc1ccc(C(=O)N[C@@H](CC(C)C)c2nc3ccccc3n2Cc2ccc(C#N)cc2)cc1. The van der Waals surface area contributed by atoms with Gasteiger partial charge >= 0.3 is 0 Å². The highest BCUT2D eigenvalue weighted by Crippen LogP contribution is 2.27. The third-order valence-corrected chi connectivity index (χ3v) is 5.75. The van der Waals surface area contributed by atoms with Crippen LogP contribution in [0, 0.1) is 24.2 Å². The molecule has 1 atom stereocenters. The van der Waals surface area contributed by atoms with E-state index < -0.39 is 0 Å². The maximum absolute atomic E-state index is 13.1. The molecular weight excluding hydrogens is 408 g/mol. The van der Waals surface area contributed by atoms with Gasteiger partial charge in [0.2, 0.25) is 0 Å². The second kappa shape index (κ2) is 9.70. The molecule has 0 aliphatic rings. The molecule has 0 aliphatic heterocycles. The van der Waals surface area contributed by atoms with E-state index in [-0.39, 0.29) is 11.9 Å². The number of hydrogen-bond acceptors (Lipinski definition) is 3. The first-order valence-electron chi connectivity index (χ1n) is 11.3. The number of para-hydroxylation sites is 2. The third kappa shape index (κ3) is 5.12. The fraction of sp³-hybridized carbons (Fsp3) is 0.250. The molecule has 0 unspecified atom stereocenters. The summed E-state index contributed by atoms with van der Waals surface area (Å²) in [6.45, 7) is 6.92. The van der Waals surface area contributed by atoms with Gasteiger partial charge in [-0.2, -0.15) is 5.26 Å². The molecule has 1 N–H and O–H groups in total. The van der Waals surface area contributed by atoms with Crippen LogP contribution in [0.5, 0.6) is 0 Å². The van der Waals surface area contributed by atoms with E-state index >= 15 is 0 Å². The van der Waals surface area contributed by atoms with Crippen molar-refractivity contribution in [3.63, 3.8) is 0 Å². The van der Waals surface area contributed by atoms with Crippen molar-refractivity contribution in [2.24, 2.45) is 5.92 Å². The Balaban J connectivity index is 1.73. The molecule has 5 heteroatoms. The van der Waals surface area contributed by atoms with Crippen molar-refractivity contribution in [1.29, 1.82) is 5.26 Å². The molecule has 0 radical (unpaired) electrons. The number of fused-ring (bicyclic) bond motifs is 1. The van der Waals surface area contributed by atoms with Crippen molar-refractivity contribution in [2.75, 3.05) is 0 Å². The van der Waals surface area contributed by atoms with E-state index in [2.05, 4.69) is 35.9 Å². The van der Waals surface area contributed by atoms with Gasteiger partial charge in [-0.15, -0.1) is 0 Å². The van der Waals surface area contributed by atoms with Crippen molar-refractivity contribution in [2.45, 2.75) is 39.8 Å². The number of hydrogen-bond donors (Lipinski definition) is 1. The van der Waals surface area contributed by atoms with Gasteiger partial charge in [-0.3, -0.25) is 4.79 Å². The fourth-order valence-electron chi connectivity index (χ4n) is 4.04. The standard InChI is InChI=1S/C28H28N4O/c1-19(2)16-25(31-28(33)23-14-8-20(3)9-15-23)27-30-24-6-4-5-7-26(24)32(27)18-22-12-10-21(17-29)11-13-22/h4-15,19,25H,16,18H2,1-3H3,(H,31,33)/t25-/m0/s1. The van der Waals surface area contributed by atoms with Gasteiger partial charge in [-0.05, 0) is 61.2 Å². The largest absolute Gasteiger partial charge is 0.342 e. The predicted molar refractivity (Wildman–Crippen MR) is 131 cm³/mol. The van der Waals surface area contributed by atoms with Gasteiger partial charge in [-0.25, -0.2) is 4.98 Å². The number of rotatable bonds is 7. The third-order valence-electron chi connectivity index (χ3n) is 5.75. The van der Waals surface area contributed by atoms with Gasteiger partial charge < -0.3 is 9.88 Å². The molecule has 1 aromatic heterocycles. The molecule has 4 aromatic rings. The number of amides is 1. The normalized spacial score (nSPS) is 12.0. The smallest absolute Gasteiger partial charge is 0.251 e. The van der Waals surface area contributed by atoms with E-state index in [9.17, 15) is 4.79 Å². The summed E-state index contributed by atoms with van der Waals surface area (Å²) < 4.78 is 2.18. The number of carbonyl (C=O) groups is 1. The Morgan fingerprint density at radius 3 is 2.39 bits per heavy atom. The van der Waals surface area contributed by atoms with Crippen LogP contribution in [-0.2, 0) is 6.54 Å². The zero-order valence-corrected chi connectivity index (χ0v) is 19.2. The highest BCUT2D eigenvalue weighted by atomic mass is 16.1. The van der Waals surface area contributed by atoms with E-state index in [1.807, 2.05) is 73.7 Å². The van der Waals surface area contributed by atoms with E-state index in [1.165, 1.54) is 0 Å². The van der Waals surface area contributed by atoms with Gasteiger partial charge in [0.15, 0.2) is 0 Å². The average molecular weight is 437 g/mol. The van der Waals surface area contributed by atoms with Crippen LogP contribution < -0.4 is 5.32 Å². The molecule has 0 saturated heterocycles. The van der Waals surface area contributed by atoms with Gasteiger partial charge in [-0.1, -0.05) is 55.8 Å². The Hall–Kier alpha value is -3.91. The zero-order valence-electron chi connectivity index (χ0n) is 19.2. The predicted octanol–water partition coefficient (Wildman–Crippen LogP) is 5.78. The Labute approximate surface area is 194 Å². The van der Waals surface area contributed by atoms with Crippen molar-refractivity contribution in [3.05, 3.63) is 101 Å². The molecule has 0 fully saturated rings. The molecule has 33 heavy (non-hydrogen) atoms. The summed E-state index contributed by atoms with van der Waals surface area (Å²) in [5.41, 5.74) is 5.40. The van der Waals surface area contributed by atoms with Gasteiger partial charge in [0, 0.05) is 12.1 Å². The molecule has 1 amide bonds. The number of nitriles is 1. The van der Waals surface area contributed by atoms with Crippen LogP contribution in [0.15, 0.2) is 72.8 Å². The first-order chi connectivity index (χ1) is 15.9. The molecule has 0 spiro atoms. The maximum Gasteiger partial charge on any atom is 0.251 e. The molecule has 3 aromatic carbocycles. The molecule has 4 rings (SSSR count). The van der Waals surface area contributed by atoms with Crippen molar-refractivity contribution >= 4 is 16.9 Å². The summed E-state index contributed by atoms with van der Waals surface area (Å²) in [4.78, 5) is 18.1. The number of carbonyl (C=O) groups excluding carboxylic acids is 1. The second-order valence-corrected chi connectivity index (χ2v) is 8.88. The number of nitrogens with one attached hydrogen (secondary N) is 1. The number of aromatic nitrogens is 2. The lowest BCUT2D eigenvalue weighted by Gasteiger charge is -2.22.